The molecule has 0 spiro atoms. The number of nitrogens with one attached hydrogen (secondary N) is 1. The van der Waals surface area contributed by atoms with E-state index in [-0.39, 0.29) is 17.6 Å². The molecule has 1 aromatic heterocycles. The van der Waals surface area contributed by atoms with Crippen LogP contribution in [0.25, 0.3) is 11.0 Å². The van der Waals surface area contributed by atoms with Crippen LogP contribution in [0.2, 0.25) is 0 Å². The van der Waals surface area contributed by atoms with Gasteiger partial charge in [-0.1, -0.05) is 24.3 Å². The first-order valence-corrected chi connectivity index (χ1v) is 8.10. The van der Waals surface area contributed by atoms with Gasteiger partial charge in [-0.3, -0.25) is 4.79 Å². The van der Waals surface area contributed by atoms with Crippen LogP contribution in [0, 0.1) is 5.82 Å². The molecule has 1 N–H and O–H groups in total. The number of carbonyl (C=O) groups excluding carboxylic acids is 1. The van der Waals surface area contributed by atoms with Crippen molar-refractivity contribution in [3.05, 3.63) is 65.2 Å². The Morgan fingerprint density at radius 3 is 3.00 bits per heavy atom. The lowest BCUT2D eigenvalue weighted by Crippen LogP contribution is -2.36. The molecule has 0 saturated heterocycles. The van der Waals surface area contributed by atoms with Crippen molar-refractivity contribution in [3.8, 4) is 0 Å². The number of halogens is 1. The van der Waals surface area contributed by atoms with Gasteiger partial charge >= 0.3 is 0 Å². The number of imidazole rings is 1. The van der Waals surface area contributed by atoms with Crippen molar-refractivity contribution in [2.75, 3.05) is 6.54 Å². The van der Waals surface area contributed by atoms with Crippen molar-refractivity contribution in [2.24, 2.45) is 7.05 Å². The van der Waals surface area contributed by atoms with Crippen LogP contribution in [-0.4, -0.2) is 22.0 Å². The molecule has 0 radical (unpaired) electrons. The molecule has 24 heavy (non-hydrogen) atoms. The maximum absolute atomic E-state index is 13.3. The molecular weight excluding hydrogens is 305 g/mol. The minimum Gasteiger partial charge on any atom is -0.355 e. The van der Waals surface area contributed by atoms with Gasteiger partial charge in [0, 0.05) is 20.0 Å². The molecule has 4 rings (SSSR count). The number of aromatic nitrogens is 2. The second-order valence-electron chi connectivity index (χ2n) is 6.22. The van der Waals surface area contributed by atoms with Crippen LogP contribution in [0.5, 0.6) is 0 Å². The van der Waals surface area contributed by atoms with Gasteiger partial charge in [0.1, 0.15) is 11.6 Å². The maximum atomic E-state index is 13.3. The van der Waals surface area contributed by atoms with Crippen molar-refractivity contribution in [3.63, 3.8) is 0 Å². The molecule has 5 heteroatoms. The Bertz CT molecular complexity index is 932. The number of carbonyl (C=O) groups is 1. The normalized spacial score (nSPS) is 15.8. The van der Waals surface area contributed by atoms with E-state index in [4.69, 9.17) is 0 Å². The minimum absolute atomic E-state index is 0.0317. The van der Waals surface area contributed by atoms with Crippen LogP contribution in [0.1, 0.15) is 22.9 Å². The number of rotatable bonds is 4. The number of fused-ring (bicyclic) bond motifs is 2. The first kappa shape index (κ1) is 14.9. The molecule has 1 aliphatic rings. The lowest BCUT2D eigenvalue weighted by Gasteiger charge is -2.28. The third kappa shape index (κ3) is 2.46. The first-order chi connectivity index (χ1) is 11.6. The van der Waals surface area contributed by atoms with Crippen molar-refractivity contribution in [1.82, 2.24) is 14.9 Å². The Hall–Kier alpha value is -2.69. The van der Waals surface area contributed by atoms with E-state index in [9.17, 15) is 9.18 Å². The summed E-state index contributed by atoms with van der Waals surface area (Å²) >= 11 is 0. The molecule has 0 aliphatic heterocycles. The summed E-state index contributed by atoms with van der Waals surface area (Å²) in [4.78, 5) is 16.8. The first-order valence-electron chi connectivity index (χ1n) is 8.10. The summed E-state index contributed by atoms with van der Waals surface area (Å²) < 4.78 is 15.2. The molecule has 2 aromatic carbocycles. The number of aryl methyl sites for hydroxylation is 1. The molecule has 0 bridgehead atoms. The Balaban J connectivity index is 1.40. The van der Waals surface area contributed by atoms with Gasteiger partial charge in [0.15, 0.2) is 0 Å². The van der Waals surface area contributed by atoms with E-state index in [1.807, 2.05) is 29.8 Å². The largest absolute Gasteiger partial charge is 0.355 e. The summed E-state index contributed by atoms with van der Waals surface area (Å²) in [5.41, 5.74) is 3.93. The lowest BCUT2D eigenvalue weighted by molar-refractivity contribution is -0.123. The predicted octanol–water partition coefficient (Wildman–Crippen LogP) is 2.71. The van der Waals surface area contributed by atoms with Gasteiger partial charge in [0.2, 0.25) is 5.91 Å². The Morgan fingerprint density at radius 2 is 2.17 bits per heavy atom. The summed E-state index contributed by atoms with van der Waals surface area (Å²) in [6.45, 7) is 0.525. The zero-order valence-electron chi connectivity index (χ0n) is 13.4. The van der Waals surface area contributed by atoms with Crippen molar-refractivity contribution >= 4 is 16.9 Å². The smallest absolute Gasteiger partial charge is 0.227 e. The quantitative estimate of drug-likeness (QED) is 0.802. The molecule has 0 unspecified atom stereocenters. The molecular formula is C19H18FN3O. The fraction of sp³-hybridized carbons (Fsp3) is 0.263. The van der Waals surface area contributed by atoms with E-state index in [0.717, 1.165) is 28.8 Å². The van der Waals surface area contributed by atoms with Crippen molar-refractivity contribution in [1.29, 1.82) is 0 Å². The van der Waals surface area contributed by atoms with E-state index >= 15 is 0 Å². The molecule has 1 amide bonds. The van der Waals surface area contributed by atoms with Crippen LogP contribution in [0.3, 0.4) is 0 Å². The van der Waals surface area contributed by atoms with Gasteiger partial charge in [0.25, 0.3) is 0 Å². The summed E-state index contributed by atoms with van der Waals surface area (Å²) in [6.07, 6.45) is 1.43. The number of nitrogens with zero attached hydrogens (tertiary/aromatic N) is 2. The standard InChI is InChI=1S/C19H18FN3O/c1-23-17-11-13(20)6-7-16(17)22-18(23)8-9-21-19(24)15-10-12-4-2-3-5-14(12)15/h2-7,11,15H,8-10H2,1H3,(H,21,24)/t15-/m0/s1. The van der Waals surface area contributed by atoms with Gasteiger partial charge < -0.3 is 9.88 Å². The van der Waals surface area contributed by atoms with E-state index in [1.54, 1.807) is 6.07 Å². The zero-order chi connectivity index (χ0) is 16.7. The molecule has 1 aliphatic carbocycles. The molecule has 122 valence electrons. The third-order valence-corrected chi connectivity index (χ3v) is 4.75. The highest BCUT2D eigenvalue weighted by Gasteiger charge is 2.31. The van der Waals surface area contributed by atoms with Crippen LogP contribution in [-0.2, 0) is 24.7 Å². The van der Waals surface area contributed by atoms with E-state index in [0.29, 0.717) is 13.0 Å². The Labute approximate surface area is 139 Å². The summed E-state index contributed by atoms with van der Waals surface area (Å²) in [5.74, 6) is 0.605. The topological polar surface area (TPSA) is 46.9 Å². The summed E-state index contributed by atoms with van der Waals surface area (Å²) in [6, 6.07) is 12.6. The van der Waals surface area contributed by atoms with Crippen LogP contribution in [0.4, 0.5) is 4.39 Å². The average Bonchev–Trinajstić information content (AvgIpc) is 2.85. The maximum Gasteiger partial charge on any atom is 0.227 e. The highest BCUT2D eigenvalue weighted by Crippen LogP contribution is 2.34. The van der Waals surface area contributed by atoms with Gasteiger partial charge in [0.05, 0.1) is 17.0 Å². The van der Waals surface area contributed by atoms with Gasteiger partial charge in [-0.25, -0.2) is 9.37 Å². The van der Waals surface area contributed by atoms with Crippen LogP contribution < -0.4 is 5.32 Å². The van der Waals surface area contributed by atoms with Crippen molar-refractivity contribution < 1.29 is 9.18 Å². The Morgan fingerprint density at radius 1 is 1.33 bits per heavy atom. The van der Waals surface area contributed by atoms with Crippen molar-refractivity contribution in [2.45, 2.75) is 18.8 Å². The number of amides is 1. The van der Waals surface area contributed by atoms with Gasteiger partial charge in [-0.05, 0) is 35.7 Å². The zero-order valence-corrected chi connectivity index (χ0v) is 13.4. The average molecular weight is 323 g/mol. The Kier molecular flexibility index (Phi) is 3.56. The van der Waals surface area contributed by atoms with Gasteiger partial charge in [-0.15, -0.1) is 0 Å². The molecule has 0 fully saturated rings. The highest BCUT2D eigenvalue weighted by molar-refractivity contribution is 5.86. The SMILES string of the molecule is Cn1c(CCNC(=O)[C@H]2Cc3ccccc32)nc2ccc(F)cc21. The van der Waals surface area contributed by atoms with E-state index < -0.39 is 0 Å². The fourth-order valence-electron chi connectivity index (χ4n) is 3.35. The molecule has 1 heterocycles. The number of hydrogen-bond donors (Lipinski definition) is 1. The minimum atomic E-state index is -0.269. The van der Waals surface area contributed by atoms with Crippen LogP contribution in [0.15, 0.2) is 42.5 Å². The van der Waals surface area contributed by atoms with Gasteiger partial charge in [-0.2, -0.15) is 0 Å². The summed E-state index contributed by atoms with van der Waals surface area (Å²) in [7, 11) is 1.87. The highest BCUT2D eigenvalue weighted by atomic mass is 19.1. The molecule has 4 nitrogen and oxygen atoms in total. The second kappa shape index (κ2) is 5.74. The second-order valence-corrected chi connectivity index (χ2v) is 6.22. The monoisotopic (exact) mass is 323 g/mol. The summed E-state index contributed by atoms with van der Waals surface area (Å²) in [5, 5.41) is 2.99. The fourth-order valence-corrected chi connectivity index (χ4v) is 3.35. The van der Waals surface area contributed by atoms with E-state index in [2.05, 4.69) is 16.4 Å². The van der Waals surface area contributed by atoms with Crippen LogP contribution >= 0.6 is 0 Å². The molecule has 0 saturated carbocycles. The number of benzene rings is 2. The predicted molar refractivity (Wildman–Crippen MR) is 90.3 cm³/mol. The van der Waals surface area contributed by atoms with E-state index in [1.165, 1.54) is 17.7 Å². The third-order valence-electron chi connectivity index (χ3n) is 4.75. The molecule has 1 atom stereocenters. The lowest BCUT2D eigenvalue weighted by atomic mass is 9.77. The number of hydrogen-bond acceptors (Lipinski definition) is 2. The molecule has 3 aromatic rings.